The molecular formula is C25H30IN5O3. The third-order valence-corrected chi connectivity index (χ3v) is 6.93. The molecule has 2 aliphatic heterocycles. The average Bonchev–Trinajstić information content (AvgIpc) is 3.27. The van der Waals surface area contributed by atoms with Gasteiger partial charge in [-0.15, -0.1) is 5.10 Å². The molecular weight excluding hydrogens is 545 g/mol. The van der Waals surface area contributed by atoms with Crippen molar-refractivity contribution in [1.29, 1.82) is 0 Å². The Morgan fingerprint density at radius 2 is 1.91 bits per heavy atom. The number of morpholine rings is 1. The molecule has 0 radical (unpaired) electrons. The number of aromatic nitrogens is 3. The SMILES string of the molecule is CC(C)(C)OC(=O)CN(Cc1ccccc1)c1cc(N2C3CCC2COC3)nn2c(I)cnc12. The lowest BCUT2D eigenvalue weighted by Crippen LogP contribution is -2.46. The Labute approximate surface area is 213 Å². The predicted molar refractivity (Wildman–Crippen MR) is 139 cm³/mol. The molecule has 2 aromatic heterocycles. The Morgan fingerprint density at radius 1 is 1.21 bits per heavy atom. The quantitative estimate of drug-likeness (QED) is 0.325. The maximum atomic E-state index is 12.9. The third kappa shape index (κ3) is 4.86. The van der Waals surface area contributed by atoms with Gasteiger partial charge in [-0.05, 0) is 61.8 Å². The molecule has 2 unspecified atom stereocenters. The van der Waals surface area contributed by atoms with Crippen LogP contribution in [-0.2, 0) is 20.8 Å². The highest BCUT2D eigenvalue weighted by atomic mass is 127. The lowest BCUT2D eigenvalue weighted by molar-refractivity contribution is -0.153. The lowest BCUT2D eigenvalue weighted by atomic mass is 10.2. The Balaban J connectivity index is 1.57. The fourth-order valence-electron chi connectivity index (χ4n) is 4.83. The minimum atomic E-state index is -0.552. The summed E-state index contributed by atoms with van der Waals surface area (Å²) in [6.45, 7) is 7.78. The van der Waals surface area contributed by atoms with E-state index in [4.69, 9.17) is 14.6 Å². The molecule has 9 heteroatoms. The van der Waals surface area contributed by atoms with Gasteiger partial charge in [0.05, 0.1) is 37.2 Å². The first-order valence-corrected chi connectivity index (χ1v) is 12.8. The summed E-state index contributed by atoms with van der Waals surface area (Å²) in [5.74, 6) is 0.629. The van der Waals surface area contributed by atoms with Gasteiger partial charge in [0.15, 0.2) is 11.5 Å². The summed E-state index contributed by atoms with van der Waals surface area (Å²) in [4.78, 5) is 22.0. The van der Waals surface area contributed by atoms with E-state index in [-0.39, 0.29) is 12.5 Å². The minimum Gasteiger partial charge on any atom is -0.459 e. The van der Waals surface area contributed by atoms with Crippen molar-refractivity contribution < 1.29 is 14.3 Å². The van der Waals surface area contributed by atoms with Crippen molar-refractivity contribution in [1.82, 2.24) is 14.6 Å². The van der Waals surface area contributed by atoms with Gasteiger partial charge in [0.25, 0.3) is 0 Å². The second-order valence-corrected chi connectivity index (χ2v) is 11.1. The molecule has 2 bridgehead atoms. The number of carbonyl (C=O) groups excluding carboxylic acids is 1. The molecule has 0 amide bonds. The van der Waals surface area contributed by atoms with Crippen LogP contribution < -0.4 is 9.80 Å². The van der Waals surface area contributed by atoms with E-state index in [9.17, 15) is 4.79 Å². The van der Waals surface area contributed by atoms with Crippen molar-refractivity contribution in [2.24, 2.45) is 0 Å². The highest BCUT2D eigenvalue weighted by molar-refractivity contribution is 14.1. The zero-order valence-electron chi connectivity index (χ0n) is 19.8. The number of nitrogens with zero attached hydrogens (tertiary/aromatic N) is 5. The molecule has 180 valence electrons. The van der Waals surface area contributed by atoms with Gasteiger partial charge in [0.2, 0.25) is 0 Å². The van der Waals surface area contributed by atoms with Crippen LogP contribution in [0.1, 0.15) is 39.2 Å². The van der Waals surface area contributed by atoms with Crippen molar-refractivity contribution in [2.45, 2.75) is 57.8 Å². The number of imidazole rings is 1. The zero-order chi connectivity index (χ0) is 23.9. The Kier molecular flexibility index (Phi) is 6.41. The zero-order valence-corrected chi connectivity index (χ0v) is 21.9. The van der Waals surface area contributed by atoms with Crippen molar-refractivity contribution in [3.05, 3.63) is 51.9 Å². The summed E-state index contributed by atoms with van der Waals surface area (Å²) in [5.41, 5.74) is 2.15. The number of ether oxygens (including phenoxy) is 2. The Hall–Kier alpha value is -2.40. The van der Waals surface area contributed by atoms with E-state index in [1.54, 1.807) is 0 Å². The van der Waals surface area contributed by atoms with Crippen molar-refractivity contribution >= 4 is 45.7 Å². The molecule has 0 saturated carbocycles. The second kappa shape index (κ2) is 9.33. The summed E-state index contributed by atoms with van der Waals surface area (Å²) in [7, 11) is 0. The molecule has 2 saturated heterocycles. The van der Waals surface area contributed by atoms with E-state index >= 15 is 0 Å². The summed E-state index contributed by atoms with van der Waals surface area (Å²) in [5, 5.41) is 4.96. The van der Waals surface area contributed by atoms with Gasteiger partial charge in [-0.25, -0.2) is 9.50 Å². The largest absolute Gasteiger partial charge is 0.459 e. The monoisotopic (exact) mass is 575 g/mol. The topological polar surface area (TPSA) is 72.2 Å². The van der Waals surface area contributed by atoms with Crippen LogP contribution in [0.2, 0.25) is 0 Å². The number of rotatable bonds is 6. The minimum absolute atomic E-state index is 0.116. The first kappa shape index (κ1) is 23.3. The molecule has 5 rings (SSSR count). The van der Waals surface area contributed by atoms with E-state index in [1.165, 1.54) is 0 Å². The number of esters is 1. The molecule has 4 heterocycles. The normalized spacial score (nSPS) is 20.1. The smallest absolute Gasteiger partial charge is 0.326 e. The number of hydrogen-bond donors (Lipinski definition) is 0. The van der Waals surface area contributed by atoms with Crippen LogP contribution in [0.15, 0.2) is 42.6 Å². The molecule has 34 heavy (non-hydrogen) atoms. The van der Waals surface area contributed by atoms with Gasteiger partial charge < -0.3 is 19.3 Å². The van der Waals surface area contributed by atoms with Crippen molar-refractivity contribution in [3.63, 3.8) is 0 Å². The summed E-state index contributed by atoms with van der Waals surface area (Å²) >= 11 is 2.26. The number of hydrogen-bond acceptors (Lipinski definition) is 7. The van der Waals surface area contributed by atoms with Gasteiger partial charge in [-0.1, -0.05) is 30.3 Å². The summed E-state index contributed by atoms with van der Waals surface area (Å²) < 4.78 is 14.3. The first-order valence-electron chi connectivity index (χ1n) is 11.7. The molecule has 0 N–H and O–H groups in total. The highest BCUT2D eigenvalue weighted by Crippen LogP contribution is 2.36. The third-order valence-electron chi connectivity index (χ3n) is 6.20. The van der Waals surface area contributed by atoms with Gasteiger partial charge in [-0.2, -0.15) is 0 Å². The van der Waals surface area contributed by atoms with E-state index in [0.717, 1.165) is 52.5 Å². The van der Waals surface area contributed by atoms with Crippen molar-refractivity contribution in [3.8, 4) is 0 Å². The predicted octanol–water partition coefficient (Wildman–Crippen LogP) is 4.05. The fraction of sp³-hybridized carbons (Fsp3) is 0.480. The number of benzene rings is 1. The fourth-order valence-corrected chi connectivity index (χ4v) is 5.31. The van der Waals surface area contributed by atoms with Crippen LogP contribution in [0.3, 0.4) is 0 Å². The molecule has 0 spiro atoms. The van der Waals surface area contributed by atoms with Crippen LogP contribution in [0, 0.1) is 3.70 Å². The highest BCUT2D eigenvalue weighted by Gasteiger charge is 2.39. The van der Waals surface area contributed by atoms with E-state index in [1.807, 2.05) is 49.7 Å². The Bertz CT molecular complexity index is 1160. The molecule has 2 fully saturated rings. The lowest BCUT2D eigenvalue weighted by Gasteiger charge is -2.36. The molecule has 8 nitrogen and oxygen atoms in total. The molecule has 1 aromatic carbocycles. The van der Waals surface area contributed by atoms with Crippen LogP contribution in [0.25, 0.3) is 5.65 Å². The second-order valence-electron chi connectivity index (χ2n) is 9.96. The van der Waals surface area contributed by atoms with Gasteiger partial charge in [0.1, 0.15) is 15.8 Å². The number of fused-ring (bicyclic) bond motifs is 3. The average molecular weight is 575 g/mol. The Morgan fingerprint density at radius 3 is 2.59 bits per heavy atom. The van der Waals surface area contributed by atoms with Crippen LogP contribution in [-0.4, -0.2) is 58.0 Å². The number of carbonyl (C=O) groups is 1. The molecule has 0 aliphatic carbocycles. The van der Waals surface area contributed by atoms with Gasteiger partial charge in [0, 0.05) is 12.6 Å². The molecule has 3 aromatic rings. The van der Waals surface area contributed by atoms with Gasteiger partial charge >= 0.3 is 5.97 Å². The molecule has 2 aliphatic rings. The standard InChI is InChI=1S/C25H30IN5O3/c1-25(2,3)34-23(32)14-29(13-17-7-5-4-6-8-17)20-11-22(28-31-21(26)12-27-24(20)31)30-18-9-10-19(30)16-33-15-18/h4-8,11-12,18-19H,9-10,13-16H2,1-3H3. The maximum Gasteiger partial charge on any atom is 0.326 e. The van der Waals surface area contributed by atoms with E-state index < -0.39 is 5.60 Å². The number of halogens is 1. The number of anilines is 2. The maximum absolute atomic E-state index is 12.9. The van der Waals surface area contributed by atoms with Crippen LogP contribution >= 0.6 is 22.6 Å². The molecule has 2 atom stereocenters. The van der Waals surface area contributed by atoms with Crippen molar-refractivity contribution in [2.75, 3.05) is 29.6 Å². The summed E-state index contributed by atoms with van der Waals surface area (Å²) in [6, 6.07) is 12.9. The van der Waals surface area contributed by atoms with E-state index in [0.29, 0.717) is 18.6 Å². The summed E-state index contributed by atoms with van der Waals surface area (Å²) in [6.07, 6.45) is 4.02. The van der Waals surface area contributed by atoms with Crippen LogP contribution in [0.4, 0.5) is 11.5 Å². The first-order chi connectivity index (χ1) is 16.3. The van der Waals surface area contributed by atoms with E-state index in [2.05, 4.69) is 55.6 Å². The van der Waals surface area contributed by atoms with Gasteiger partial charge in [-0.3, -0.25) is 4.79 Å². The van der Waals surface area contributed by atoms with Crippen LogP contribution in [0.5, 0.6) is 0 Å².